The summed E-state index contributed by atoms with van der Waals surface area (Å²) < 4.78 is 7.06. The molecule has 1 unspecified atom stereocenters. The van der Waals surface area contributed by atoms with Crippen LogP contribution in [-0.2, 0) is 0 Å². The number of nitrogens with zero attached hydrogens (tertiary/aromatic N) is 5. The first kappa shape index (κ1) is 33.5. The first-order valence-corrected chi connectivity index (χ1v) is 21.3. The number of imidazole rings is 3. The molecule has 0 spiro atoms. The molecule has 0 bridgehead atoms. The number of benzene rings is 9. The zero-order chi connectivity index (χ0) is 40.5. The number of hydrogen-bond donors (Lipinski definition) is 0. The monoisotopic (exact) mass is 789 g/mol. The molecule has 0 fully saturated rings. The van der Waals surface area contributed by atoms with Gasteiger partial charge in [0.15, 0.2) is 0 Å². The van der Waals surface area contributed by atoms with E-state index in [0.717, 1.165) is 61.5 Å². The predicted molar refractivity (Wildman–Crippen MR) is 252 cm³/mol. The van der Waals surface area contributed by atoms with E-state index < -0.39 is 0 Å². The van der Waals surface area contributed by atoms with E-state index >= 15 is 0 Å². The van der Waals surface area contributed by atoms with Crippen molar-refractivity contribution in [3.05, 3.63) is 223 Å². The largest absolute Gasteiger partial charge is 0.295 e. The highest BCUT2D eigenvalue weighted by Crippen LogP contribution is 2.49. The molecule has 9 aromatic carbocycles. The van der Waals surface area contributed by atoms with Crippen molar-refractivity contribution in [2.45, 2.75) is 5.92 Å². The molecule has 5 nitrogen and oxygen atoms in total. The van der Waals surface area contributed by atoms with Gasteiger partial charge in [0.05, 0.1) is 44.7 Å². The van der Waals surface area contributed by atoms with Gasteiger partial charge in [0.1, 0.15) is 5.82 Å². The average Bonchev–Trinajstić information content (AvgIpc) is 4.07. The van der Waals surface area contributed by atoms with Crippen molar-refractivity contribution < 1.29 is 0 Å². The third-order valence-electron chi connectivity index (χ3n) is 13.3. The topological polar surface area (TPSA) is 40.0 Å². The second kappa shape index (κ2) is 12.6. The fraction of sp³-hybridized carbons (Fsp3) is 0.0175. The quantitative estimate of drug-likeness (QED) is 0.179. The summed E-state index contributed by atoms with van der Waals surface area (Å²) in [5.41, 5.74) is 23.3. The summed E-state index contributed by atoms with van der Waals surface area (Å²) in [4.78, 5) is 10.6. The lowest BCUT2D eigenvalue weighted by Crippen LogP contribution is -2.00. The van der Waals surface area contributed by atoms with E-state index in [0.29, 0.717) is 0 Å². The van der Waals surface area contributed by atoms with Gasteiger partial charge in [-0.3, -0.25) is 13.5 Å². The minimum atomic E-state index is 0.0570. The van der Waals surface area contributed by atoms with E-state index in [-0.39, 0.29) is 5.92 Å². The van der Waals surface area contributed by atoms with Crippen LogP contribution < -0.4 is 0 Å². The molecule has 0 N–H and O–H groups in total. The summed E-state index contributed by atoms with van der Waals surface area (Å²) in [7, 11) is 0. The Morgan fingerprint density at radius 2 is 0.903 bits per heavy atom. The Hall–Kier alpha value is -8.28. The molecule has 14 rings (SSSR count). The van der Waals surface area contributed by atoms with Crippen LogP contribution >= 0.6 is 0 Å². The van der Waals surface area contributed by atoms with E-state index in [4.69, 9.17) is 9.97 Å². The molecule has 0 amide bonds. The highest BCUT2D eigenvalue weighted by Gasteiger charge is 2.34. The Kier molecular flexibility index (Phi) is 6.83. The molecule has 0 saturated carbocycles. The Balaban J connectivity index is 0.984. The molecule has 288 valence electrons. The zero-order valence-corrected chi connectivity index (χ0v) is 33.4. The third kappa shape index (κ3) is 4.62. The van der Waals surface area contributed by atoms with Gasteiger partial charge in [-0.05, 0) is 121 Å². The van der Waals surface area contributed by atoms with Gasteiger partial charge in [-0.2, -0.15) is 0 Å². The van der Waals surface area contributed by atoms with Gasteiger partial charge in [-0.15, -0.1) is 0 Å². The maximum absolute atomic E-state index is 5.33. The van der Waals surface area contributed by atoms with Crippen molar-refractivity contribution in [1.82, 2.24) is 23.5 Å². The summed E-state index contributed by atoms with van der Waals surface area (Å²) in [6.07, 6.45) is 0. The SMILES string of the molecule is c1ccc(C2c3ccc(-c4ccc5c(c4)n4c6ccccc6nc4n5-c4ccc5c(c4)-c4ccccc4-c4ccccc4-c4ccccc4-5)cc3-n3c2nc2ccccc23)cc1. The van der Waals surface area contributed by atoms with E-state index in [2.05, 4.69) is 220 Å². The molecule has 1 aliphatic heterocycles. The van der Waals surface area contributed by atoms with E-state index in [1.807, 2.05) is 0 Å². The maximum atomic E-state index is 5.33. The minimum absolute atomic E-state index is 0.0570. The normalized spacial score (nSPS) is 13.6. The summed E-state index contributed by atoms with van der Waals surface area (Å²) in [5.74, 6) is 2.01. The van der Waals surface area contributed by atoms with Gasteiger partial charge < -0.3 is 0 Å². The molecule has 3 aromatic heterocycles. The van der Waals surface area contributed by atoms with Crippen LogP contribution in [0.3, 0.4) is 0 Å². The van der Waals surface area contributed by atoms with Crippen LogP contribution in [0.25, 0.3) is 106 Å². The van der Waals surface area contributed by atoms with Crippen LogP contribution in [0.4, 0.5) is 0 Å². The van der Waals surface area contributed by atoms with Gasteiger partial charge in [-0.25, -0.2) is 9.97 Å². The first-order valence-electron chi connectivity index (χ1n) is 21.3. The number of aromatic nitrogens is 5. The fourth-order valence-electron chi connectivity index (χ4n) is 10.6. The zero-order valence-electron chi connectivity index (χ0n) is 33.4. The second-order valence-electron chi connectivity index (χ2n) is 16.6. The number of rotatable bonds is 3. The van der Waals surface area contributed by atoms with Crippen LogP contribution in [0.5, 0.6) is 0 Å². The highest BCUT2D eigenvalue weighted by atomic mass is 15.2. The molecular formula is C57H35N5. The third-order valence-corrected chi connectivity index (χ3v) is 13.3. The van der Waals surface area contributed by atoms with E-state index in [1.54, 1.807) is 0 Å². The molecule has 0 radical (unpaired) electrons. The lowest BCUT2D eigenvalue weighted by atomic mass is 9.81. The molecule has 1 aliphatic carbocycles. The minimum Gasteiger partial charge on any atom is -0.295 e. The van der Waals surface area contributed by atoms with Crippen molar-refractivity contribution in [2.24, 2.45) is 0 Å². The van der Waals surface area contributed by atoms with Crippen LogP contribution in [0.2, 0.25) is 0 Å². The van der Waals surface area contributed by atoms with E-state index in [1.165, 1.54) is 61.3 Å². The molecule has 2 aliphatic rings. The Bertz CT molecular complexity index is 3820. The summed E-state index contributed by atoms with van der Waals surface area (Å²) in [6, 6.07) is 75.1. The number of fused-ring (bicyclic) bond motifs is 18. The van der Waals surface area contributed by atoms with Crippen LogP contribution in [0, 0.1) is 0 Å². The van der Waals surface area contributed by atoms with Crippen LogP contribution in [0.1, 0.15) is 22.9 Å². The lowest BCUT2D eigenvalue weighted by Gasteiger charge is -2.23. The standard InChI is InChI=1S/C57H35N5/c1-2-14-35(15-3-1)55-46-29-26-36(32-53(46)61-50-24-12-10-22-48(50)58-56(55)61)37-27-31-52-54(33-37)62-51-25-13-11-23-49(51)59-57(62)60(52)38-28-30-45-43-20-7-6-18-41(43)39-16-4-5-17-40(39)42-19-8-9-21-44(42)47(45)34-38/h1-34,55H. The van der Waals surface area contributed by atoms with Crippen molar-refractivity contribution in [3.8, 4) is 67.0 Å². The van der Waals surface area contributed by atoms with Crippen LogP contribution in [0.15, 0.2) is 206 Å². The van der Waals surface area contributed by atoms with Gasteiger partial charge in [0.25, 0.3) is 0 Å². The molecule has 62 heavy (non-hydrogen) atoms. The van der Waals surface area contributed by atoms with Gasteiger partial charge in [0, 0.05) is 5.69 Å². The average molecular weight is 790 g/mol. The summed E-state index contributed by atoms with van der Waals surface area (Å²) in [5, 5.41) is 0. The molecule has 4 heterocycles. The van der Waals surface area contributed by atoms with Gasteiger partial charge in [0.2, 0.25) is 5.78 Å². The first-order chi connectivity index (χ1) is 30.8. The van der Waals surface area contributed by atoms with Crippen molar-refractivity contribution in [2.75, 3.05) is 0 Å². The lowest BCUT2D eigenvalue weighted by molar-refractivity contribution is 0.910. The fourth-order valence-corrected chi connectivity index (χ4v) is 10.6. The number of para-hydroxylation sites is 4. The highest BCUT2D eigenvalue weighted by molar-refractivity contribution is 6.04. The molecule has 12 aromatic rings. The van der Waals surface area contributed by atoms with Gasteiger partial charge in [-0.1, -0.05) is 152 Å². The Morgan fingerprint density at radius 3 is 1.60 bits per heavy atom. The van der Waals surface area contributed by atoms with Crippen molar-refractivity contribution in [3.63, 3.8) is 0 Å². The molecule has 5 heteroatoms. The molecule has 1 atom stereocenters. The van der Waals surface area contributed by atoms with Crippen LogP contribution in [-0.4, -0.2) is 23.5 Å². The van der Waals surface area contributed by atoms with Gasteiger partial charge >= 0.3 is 0 Å². The molecular weight excluding hydrogens is 755 g/mol. The van der Waals surface area contributed by atoms with E-state index in [9.17, 15) is 0 Å². The Labute approximate surface area is 357 Å². The molecule has 0 saturated heterocycles. The van der Waals surface area contributed by atoms with Crippen molar-refractivity contribution in [1.29, 1.82) is 0 Å². The number of hydrogen-bond acceptors (Lipinski definition) is 2. The Morgan fingerprint density at radius 1 is 0.355 bits per heavy atom. The predicted octanol–water partition coefficient (Wildman–Crippen LogP) is 13.9. The maximum Gasteiger partial charge on any atom is 0.220 e. The second-order valence-corrected chi connectivity index (χ2v) is 16.6. The summed E-state index contributed by atoms with van der Waals surface area (Å²) in [6.45, 7) is 0. The smallest absolute Gasteiger partial charge is 0.220 e. The van der Waals surface area contributed by atoms with Crippen molar-refractivity contribution >= 4 is 38.9 Å². The summed E-state index contributed by atoms with van der Waals surface area (Å²) >= 11 is 0.